The molecule has 0 saturated carbocycles. The predicted octanol–water partition coefficient (Wildman–Crippen LogP) is 6.83. The van der Waals surface area contributed by atoms with Crippen LogP contribution in [0.15, 0.2) is 76.3 Å². The minimum Gasteiger partial charge on any atom is -0.308 e. The fourth-order valence-electron chi connectivity index (χ4n) is 4.96. The third kappa shape index (κ3) is 6.89. The molecule has 0 radical (unpaired) electrons. The Morgan fingerprint density at radius 1 is 1.00 bits per heavy atom. The Labute approximate surface area is 246 Å². The molecular weight excluding hydrogens is 555 g/mol. The molecule has 5 rings (SSSR count). The number of benzene rings is 2. The van der Waals surface area contributed by atoms with Crippen molar-refractivity contribution in [1.82, 2.24) is 14.1 Å². The Morgan fingerprint density at radius 3 is 2.29 bits per heavy atom. The van der Waals surface area contributed by atoms with E-state index < -0.39 is 10.0 Å². The molecule has 0 spiro atoms. The lowest BCUT2D eigenvalue weighted by Gasteiger charge is -2.31. The zero-order valence-corrected chi connectivity index (χ0v) is 25.6. The molecule has 0 atom stereocenters. The zero-order chi connectivity index (χ0) is 29.2. The molecule has 3 heterocycles. The normalized spacial score (nSPS) is 15.1. The summed E-state index contributed by atoms with van der Waals surface area (Å²) in [5.74, 6) is 1.02. The largest absolute Gasteiger partial charge is 0.324 e. The number of thiophene rings is 1. The molecule has 1 aliphatic rings. The van der Waals surface area contributed by atoms with Gasteiger partial charge in [0.2, 0.25) is 10.0 Å². The van der Waals surface area contributed by atoms with Crippen LogP contribution in [0.2, 0.25) is 0 Å². The zero-order valence-electron chi connectivity index (χ0n) is 23.9. The van der Waals surface area contributed by atoms with Crippen LogP contribution >= 0.6 is 11.3 Å². The van der Waals surface area contributed by atoms with E-state index in [1.54, 1.807) is 25.8 Å². The smallest absolute Gasteiger partial charge is 0.308 e. The summed E-state index contributed by atoms with van der Waals surface area (Å²) in [7, 11) is -3.39. The molecule has 4 aromatic rings. The molecule has 2 aromatic heterocycles. The van der Waals surface area contributed by atoms with Crippen molar-refractivity contribution in [2.75, 3.05) is 23.7 Å². The first-order valence-electron chi connectivity index (χ1n) is 13.9. The second-order valence-electron chi connectivity index (χ2n) is 11.7. The number of sulfonamides is 1. The van der Waals surface area contributed by atoms with E-state index >= 15 is 0 Å². The molecule has 2 N–H and O–H groups in total. The lowest BCUT2D eigenvalue weighted by atomic mass is 9.91. The summed E-state index contributed by atoms with van der Waals surface area (Å²) in [5, 5.41) is 14.2. The second kappa shape index (κ2) is 11.8. The fourth-order valence-corrected chi connectivity index (χ4v) is 7.44. The lowest BCUT2D eigenvalue weighted by molar-refractivity contribution is 0.262. The van der Waals surface area contributed by atoms with Gasteiger partial charge in [-0.1, -0.05) is 50.6 Å². The number of nitrogens with one attached hydrogen (secondary N) is 2. The molecule has 216 valence electrons. The third-order valence-corrected chi connectivity index (χ3v) is 10.2. The lowest BCUT2D eigenvalue weighted by Crippen LogP contribution is -2.38. The van der Waals surface area contributed by atoms with Crippen LogP contribution in [0, 0.1) is 12.8 Å². The van der Waals surface area contributed by atoms with Crippen molar-refractivity contribution in [3.63, 3.8) is 0 Å². The summed E-state index contributed by atoms with van der Waals surface area (Å²) in [5.41, 5.74) is 4.60. The molecule has 10 heteroatoms. The number of aryl methyl sites for hydroxylation is 1. The molecule has 2 amide bonds. The highest BCUT2D eigenvalue weighted by Crippen LogP contribution is 2.28. The van der Waals surface area contributed by atoms with Crippen LogP contribution in [0.4, 0.5) is 16.3 Å². The highest BCUT2D eigenvalue weighted by Gasteiger charge is 2.29. The van der Waals surface area contributed by atoms with Gasteiger partial charge in [0, 0.05) is 35.6 Å². The summed E-state index contributed by atoms with van der Waals surface area (Å²) in [4.78, 5) is 13.4. The molecule has 0 bridgehead atoms. The molecule has 0 aliphatic carbocycles. The summed E-state index contributed by atoms with van der Waals surface area (Å²) in [6, 6.07) is 19.1. The fraction of sp³-hybridized carbons (Fsp3) is 0.355. The van der Waals surface area contributed by atoms with Crippen molar-refractivity contribution in [2.45, 2.75) is 57.3 Å². The van der Waals surface area contributed by atoms with E-state index in [0.29, 0.717) is 35.4 Å². The maximum atomic E-state index is 13.0. The Morgan fingerprint density at radius 2 is 1.68 bits per heavy atom. The highest BCUT2D eigenvalue weighted by molar-refractivity contribution is 7.89. The molecule has 41 heavy (non-hydrogen) atoms. The number of hydrogen-bond donors (Lipinski definition) is 2. The van der Waals surface area contributed by atoms with Crippen LogP contribution in [-0.4, -0.2) is 41.6 Å². The van der Waals surface area contributed by atoms with Gasteiger partial charge in [0.1, 0.15) is 5.82 Å². The summed E-state index contributed by atoms with van der Waals surface area (Å²) in [6.45, 7) is 9.40. The Bertz CT molecular complexity index is 1580. The number of rotatable bonds is 7. The van der Waals surface area contributed by atoms with Crippen LogP contribution in [0.5, 0.6) is 0 Å². The number of urea groups is 1. The Kier molecular flexibility index (Phi) is 8.35. The van der Waals surface area contributed by atoms with Gasteiger partial charge in [-0.05, 0) is 73.4 Å². The molecule has 8 nitrogen and oxygen atoms in total. The average Bonchev–Trinajstić information content (AvgIpc) is 3.62. The molecular formula is C31H37N5O3S2. The van der Waals surface area contributed by atoms with Gasteiger partial charge in [-0.25, -0.2) is 17.9 Å². The standard InChI is InChI=1S/C31H37N5O3S2/c1-22-5-11-26(12-6-22)36-29(20-28(34-36)31(2,3)4)33-30(37)32-25-9-7-23(8-10-25)19-24-13-16-35(17-14-24)41(38,39)27-15-18-40-21-27/h5-12,15,18,20-21,24H,13-14,16-17,19H2,1-4H3,(H2,32,33,37). The molecule has 1 fully saturated rings. The number of nitrogens with zero attached hydrogens (tertiary/aromatic N) is 3. The van der Waals surface area contributed by atoms with E-state index in [9.17, 15) is 13.2 Å². The predicted molar refractivity (Wildman–Crippen MR) is 166 cm³/mol. The highest BCUT2D eigenvalue weighted by atomic mass is 32.2. The third-order valence-electron chi connectivity index (χ3n) is 7.44. The van der Waals surface area contributed by atoms with E-state index in [1.807, 2.05) is 61.5 Å². The van der Waals surface area contributed by atoms with Gasteiger partial charge in [-0.2, -0.15) is 20.7 Å². The summed E-state index contributed by atoms with van der Waals surface area (Å²) >= 11 is 1.40. The average molecular weight is 592 g/mol. The quantitative estimate of drug-likeness (QED) is 0.246. The van der Waals surface area contributed by atoms with Crippen molar-refractivity contribution < 1.29 is 13.2 Å². The van der Waals surface area contributed by atoms with E-state index in [4.69, 9.17) is 5.10 Å². The number of hydrogen-bond acceptors (Lipinski definition) is 5. The first-order valence-corrected chi connectivity index (χ1v) is 16.2. The molecule has 2 aromatic carbocycles. The minimum atomic E-state index is -3.39. The van der Waals surface area contributed by atoms with Gasteiger partial charge in [-0.15, -0.1) is 0 Å². The first kappa shape index (κ1) is 29.0. The maximum Gasteiger partial charge on any atom is 0.324 e. The summed E-state index contributed by atoms with van der Waals surface area (Å²) in [6.07, 6.45) is 2.54. The maximum absolute atomic E-state index is 13.0. The van der Waals surface area contributed by atoms with Crippen LogP contribution in [-0.2, 0) is 21.9 Å². The van der Waals surface area contributed by atoms with Crippen LogP contribution < -0.4 is 10.6 Å². The van der Waals surface area contributed by atoms with Gasteiger partial charge >= 0.3 is 6.03 Å². The number of amides is 2. The van der Waals surface area contributed by atoms with E-state index in [-0.39, 0.29) is 11.4 Å². The molecule has 1 saturated heterocycles. The van der Waals surface area contributed by atoms with Crippen LogP contribution in [0.3, 0.4) is 0 Å². The van der Waals surface area contributed by atoms with E-state index in [0.717, 1.165) is 36.2 Å². The number of aromatic nitrogens is 2. The van der Waals surface area contributed by atoms with Crippen LogP contribution in [0.25, 0.3) is 5.69 Å². The van der Waals surface area contributed by atoms with Crippen molar-refractivity contribution in [2.24, 2.45) is 5.92 Å². The van der Waals surface area contributed by atoms with Crippen molar-refractivity contribution in [3.8, 4) is 5.69 Å². The number of piperidine rings is 1. The van der Waals surface area contributed by atoms with E-state index in [1.165, 1.54) is 16.9 Å². The van der Waals surface area contributed by atoms with Crippen molar-refractivity contribution >= 4 is 38.9 Å². The Hall–Kier alpha value is -3.47. The molecule has 0 unspecified atom stereocenters. The summed E-state index contributed by atoms with van der Waals surface area (Å²) < 4.78 is 28.9. The number of anilines is 2. The molecule has 1 aliphatic heterocycles. The SMILES string of the molecule is Cc1ccc(-n2nc(C(C)(C)C)cc2NC(=O)Nc2ccc(CC3CCN(S(=O)(=O)c4ccsc4)CC3)cc2)cc1. The minimum absolute atomic E-state index is 0.173. The van der Waals surface area contributed by atoms with Crippen LogP contribution in [0.1, 0.15) is 50.4 Å². The van der Waals surface area contributed by atoms with Gasteiger partial charge in [0.25, 0.3) is 0 Å². The number of carbonyl (C=O) groups excluding carboxylic acids is 1. The Balaban J connectivity index is 1.18. The monoisotopic (exact) mass is 591 g/mol. The van der Waals surface area contributed by atoms with Crippen molar-refractivity contribution in [3.05, 3.63) is 88.2 Å². The van der Waals surface area contributed by atoms with Gasteiger partial charge in [0.15, 0.2) is 0 Å². The van der Waals surface area contributed by atoms with Gasteiger partial charge in [-0.3, -0.25) is 5.32 Å². The second-order valence-corrected chi connectivity index (χ2v) is 14.4. The first-order chi connectivity index (χ1) is 19.5. The van der Waals surface area contributed by atoms with Crippen molar-refractivity contribution in [1.29, 1.82) is 0 Å². The van der Waals surface area contributed by atoms with E-state index in [2.05, 4.69) is 31.4 Å². The topological polar surface area (TPSA) is 96.3 Å². The van der Waals surface area contributed by atoms with Gasteiger partial charge in [0.05, 0.1) is 16.3 Å². The van der Waals surface area contributed by atoms with Gasteiger partial charge < -0.3 is 5.32 Å². The number of carbonyl (C=O) groups is 1.